The summed E-state index contributed by atoms with van der Waals surface area (Å²) in [4.78, 5) is 14.5. The quantitative estimate of drug-likeness (QED) is 0.692. The molecule has 0 aromatic carbocycles. The topological polar surface area (TPSA) is 49.8 Å². The molecule has 0 spiro atoms. The van der Waals surface area contributed by atoms with Gasteiger partial charge in [-0.2, -0.15) is 0 Å². The van der Waals surface area contributed by atoms with Crippen molar-refractivity contribution in [2.24, 2.45) is 17.8 Å². The second-order valence-corrected chi connectivity index (χ2v) is 8.36. The summed E-state index contributed by atoms with van der Waals surface area (Å²) in [7, 11) is 2.11. The van der Waals surface area contributed by atoms with Crippen molar-refractivity contribution in [3.8, 4) is 0 Å². The standard InChI is InChI=1S/C19H37NO3/c1-14-8-7-9-20(6)17(4)12-19(5,22)13-23-18(21)16(3)11-15(2)10-14/h14-17,22H,7-13H2,1-6H3. The third-order valence-electron chi connectivity index (χ3n) is 5.18. The lowest BCUT2D eigenvalue weighted by molar-refractivity contribution is -0.156. The fourth-order valence-corrected chi connectivity index (χ4v) is 3.73. The van der Waals surface area contributed by atoms with E-state index in [-0.39, 0.29) is 24.5 Å². The maximum absolute atomic E-state index is 12.2. The minimum Gasteiger partial charge on any atom is -0.462 e. The van der Waals surface area contributed by atoms with Crippen molar-refractivity contribution in [1.82, 2.24) is 4.90 Å². The number of hydrogen-bond donors (Lipinski definition) is 1. The molecular weight excluding hydrogens is 290 g/mol. The van der Waals surface area contributed by atoms with Crippen LogP contribution in [0.5, 0.6) is 0 Å². The van der Waals surface area contributed by atoms with Crippen molar-refractivity contribution >= 4 is 5.97 Å². The largest absolute Gasteiger partial charge is 0.462 e. The van der Waals surface area contributed by atoms with E-state index >= 15 is 0 Å². The van der Waals surface area contributed by atoms with Crippen LogP contribution in [0.15, 0.2) is 0 Å². The Balaban J connectivity index is 2.76. The summed E-state index contributed by atoms with van der Waals surface area (Å²) in [5.74, 6) is 0.930. The van der Waals surface area contributed by atoms with E-state index in [0.717, 1.165) is 19.4 Å². The number of aliphatic hydroxyl groups is 1. The average molecular weight is 328 g/mol. The first-order chi connectivity index (χ1) is 10.6. The Bertz CT molecular complexity index is 370. The molecule has 1 N–H and O–H groups in total. The van der Waals surface area contributed by atoms with Gasteiger partial charge in [-0.15, -0.1) is 0 Å². The highest BCUT2D eigenvalue weighted by molar-refractivity contribution is 5.72. The Hall–Kier alpha value is -0.610. The Kier molecular flexibility index (Phi) is 8.02. The van der Waals surface area contributed by atoms with Gasteiger partial charge >= 0.3 is 5.97 Å². The summed E-state index contributed by atoms with van der Waals surface area (Å²) in [5.41, 5.74) is -0.970. The van der Waals surface area contributed by atoms with Gasteiger partial charge in [-0.25, -0.2) is 0 Å². The summed E-state index contributed by atoms with van der Waals surface area (Å²) >= 11 is 0. The van der Waals surface area contributed by atoms with Crippen molar-refractivity contribution in [3.63, 3.8) is 0 Å². The molecular formula is C19H37NO3. The molecule has 1 rings (SSSR count). The molecule has 5 atom stereocenters. The van der Waals surface area contributed by atoms with Gasteiger partial charge in [0.25, 0.3) is 0 Å². The molecule has 0 aliphatic carbocycles. The van der Waals surface area contributed by atoms with Gasteiger partial charge in [0.05, 0.1) is 11.5 Å². The van der Waals surface area contributed by atoms with Crippen LogP contribution < -0.4 is 0 Å². The second-order valence-electron chi connectivity index (χ2n) is 8.36. The van der Waals surface area contributed by atoms with E-state index in [9.17, 15) is 9.90 Å². The Labute approximate surface area is 142 Å². The molecule has 0 amide bonds. The lowest BCUT2D eigenvalue weighted by Gasteiger charge is -2.32. The van der Waals surface area contributed by atoms with Crippen LogP contribution in [0.3, 0.4) is 0 Å². The van der Waals surface area contributed by atoms with E-state index in [4.69, 9.17) is 4.74 Å². The number of cyclic esters (lactones) is 1. The van der Waals surface area contributed by atoms with Gasteiger partial charge in [-0.05, 0) is 71.4 Å². The molecule has 1 saturated heterocycles. The Morgan fingerprint density at radius 2 is 1.83 bits per heavy atom. The number of hydrogen-bond acceptors (Lipinski definition) is 4. The van der Waals surface area contributed by atoms with Crippen molar-refractivity contribution < 1.29 is 14.6 Å². The van der Waals surface area contributed by atoms with Crippen molar-refractivity contribution in [2.75, 3.05) is 20.2 Å². The number of carbonyl (C=O) groups excluding carboxylic acids is 1. The number of ether oxygens (including phenoxy) is 1. The zero-order chi connectivity index (χ0) is 17.6. The predicted molar refractivity (Wildman–Crippen MR) is 94.3 cm³/mol. The zero-order valence-corrected chi connectivity index (χ0v) is 16.0. The van der Waals surface area contributed by atoms with Gasteiger partial charge in [0.15, 0.2) is 0 Å². The van der Waals surface area contributed by atoms with Crippen LogP contribution in [0.2, 0.25) is 0 Å². The highest BCUT2D eigenvalue weighted by Gasteiger charge is 2.29. The third kappa shape index (κ3) is 7.67. The molecule has 4 nitrogen and oxygen atoms in total. The molecule has 1 aliphatic rings. The van der Waals surface area contributed by atoms with Crippen LogP contribution >= 0.6 is 0 Å². The molecule has 1 aliphatic heterocycles. The molecule has 0 radical (unpaired) electrons. The summed E-state index contributed by atoms with van der Waals surface area (Å²) in [6, 6.07) is 0.264. The first kappa shape index (κ1) is 20.4. The SMILES string of the molecule is CC1CCCN(C)C(C)CC(C)(O)COC(=O)C(C)CC(C)C1. The second kappa shape index (κ2) is 9.03. The number of carbonyl (C=O) groups is 1. The highest BCUT2D eigenvalue weighted by Crippen LogP contribution is 2.25. The smallest absolute Gasteiger partial charge is 0.308 e. The van der Waals surface area contributed by atoms with Crippen molar-refractivity contribution in [3.05, 3.63) is 0 Å². The summed E-state index contributed by atoms with van der Waals surface area (Å²) in [5, 5.41) is 10.5. The molecule has 0 saturated carbocycles. The lowest BCUT2D eigenvalue weighted by atomic mass is 9.87. The normalized spacial score (nSPS) is 40.0. The van der Waals surface area contributed by atoms with Crippen LogP contribution in [0, 0.1) is 17.8 Å². The van der Waals surface area contributed by atoms with Gasteiger partial charge in [0, 0.05) is 6.04 Å². The van der Waals surface area contributed by atoms with E-state index in [1.165, 1.54) is 12.8 Å². The Morgan fingerprint density at radius 3 is 2.48 bits per heavy atom. The minimum absolute atomic E-state index is 0.0825. The maximum atomic E-state index is 12.2. The first-order valence-electron chi connectivity index (χ1n) is 9.20. The molecule has 0 aromatic rings. The molecule has 0 aromatic heterocycles. The van der Waals surface area contributed by atoms with Gasteiger partial charge in [-0.1, -0.05) is 20.8 Å². The summed E-state index contributed by atoms with van der Waals surface area (Å²) < 4.78 is 5.40. The minimum atomic E-state index is -0.970. The molecule has 1 fully saturated rings. The molecule has 1 heterocycles. The Morgan fingerprint density at radius 1 is 1.17 bits per heavy atom. The van der Waals surface area contributed by atoms with Gasteiger partial charge < -0.3 is 14.7 Å². The first-order valence-corrected chi connectivity index (χ1v) is 9.20. The van der Waals surface area contributed by atoms with E-state index in [0.29, 0.717) is 18.3 Å². The number of esters is 1. The zero-order valence-electron chi connectivity index (χ0n) is 16.0. The molecule has 136 valence electrons. The lowest BCUT2D eigenvalue weighted by Crippen LogP contribution is -2.41. The van der Waals surface area contributed by atoms with E-state index in [1.807, 2.05) is 6.92 Å². The molecule has 5 unspecified atom stereocenters. The van der Waals surface area contributed by atoms with E-state index in [1.54, 1.807) is 6.92 Å². The summed E-state index contributed by atoms with van der Waals surface area (Å²) in [6.45, 7) is 11.5. The average Bonchev–Trinajstić information content (AvgIpc) is 2.42. The highest BCUT2D eigenvalue weighted by atomic mass is 16.5. The van der Waals surface area contributed by atoms with Crippen LogP contribution in [0.25, 0.3) is 0 Å². The van der Waals surface area contributed by atoms with E-state index < -0.39 is 5.60 Å². The number of rotatable bonds is 0. The van der Waals surface area contributed by atoms with Crippen LogP contribution in [-0.2, 0) is 9.53 Å². The van der Waals surface area contributed by atoms with Gasteiger partial charge in [0.1, 0.15) is 6.61 Å². The van der Waals surface area contributed by atoms with Gasteiger partial charge in [0.2, 0.25) is 0 Å². The number of nitrogens with zero attached hydrogens (tertiary/aromatic N) is 1. The van der Waals surface area contributed by atoms with Crippen molar-refractivity contribution in [1.29, 1.82) is 0 Å². The van der Waals surface area contributed by atoms with Crippen LogP contribution in [-0.4, -0.2) is 47.8 Å². The fourth-order valence-electron chi connectivity index (χ4n) is 3.73. The summed E-state index contributed by atoms with van der Waals surface area (Å²) in [6.07, 6.45) is 5.03. The van der Waals surface area contributed by atoms with Gasteiger partial charge in [-0.3, -0.25) is 4.79 Å². The third-order valence-corrected chi connectivity index (χ3v) is 5.18. The predicted octanol–water partition coefficient (Wildman–Crippen LogP) is 3.47. The molecule has 0 bridgehead atoms. The van der Waals surface area contributed by atoms with Crippen LogP contribution in [0.4, 0.5) is 0 Å². The molecule has 23 heavy (non-hydrogen) atoms. The van der Waals surface area contributed by atoms with Crippen molar-refractivity contribution in [2.45, 2.75) is 78.4 Å². The fraction of sp³-hybridized carbons (Fsp3) is 0.947. The molecule has 4 heteroatoms. The van der Waals surface area contributed by atoms with E-state index in [2.05, 4.69) is 32.7 Å². The van der Waals surface area contributed by atoms with Crippen LogP contribution in [0.1, 0.15) is 66.7 Å². The monoisotopic (exact) mass is 327 g/mol. The maximum Gasteiger partial charge on any atom is 0.308 e.